The number of piperazine rings is 1. The monoisotopic (exact) mass is 446 g/mol. The van der Waals surface area contributed by atoms with E-state index in [1.54, 1.807) is 17.7 Å². The van der Waals surface area contributed by atoms with Gasteiger partial charge in [0.1, 0.15) is 22.7 Å². The van der Waals surface area contributed by atoms with Crippen LogP contribution in [0.15, 0.2) is 23.2 Å². The molecule has 27 heavy (non-hydrogen) atoms. The van der Waals surface area contributed by atoms with Crippen molar-refractivity contribution >= 4 is 69.4 Å². The molecule has 3 aromatic heterocycles. The molecular formula is C16H20Cl2N6OS2. The Hall–Kier alpha value is -1.52. The standard InChI is InChI=1S/C16H18N6OS2.2ClH/c17-3-1-13-20-12(9-25-13)16(23)22-6-4-21(5-7-22)14-11-2-8-24-15(11)19-10-18-14;;/h2,8-10H,1,3-7,17H2;2*1H. The van der Waals surface area contributed by atoms with Crippen LogP contribution in [0.4, 0.5) is 5.82 Å². The van der Waals surface area contributed by atoms with Gasteiger partial charge in [-0.15, -0.1) is 47.5 Å². The Balaban J connectivity index is 0.00000131. The minimum Gasteiger partial charge on any atom is -0.352 e. The molecule has 0 atom stereocenters. The number of amides is 1. The molecule has 0 aromatic carbocycles. The highest BCUT2D eigenvalue weighted by molar-refractivity contribution is 7.16. The highest BCUT2D eigenvalue weighted by atomic mass is 35.5. The Morgan fingerprint density at radius 1 is 1.15 bits per heavy atom. The molecule has 11 heteroatoms. The molecule has 1 fully saturated rings. The minimum atomic E-state index is 0. The Morgan fingerprint density at radius 2 is 1.93 bits per heavy atom. The van der Waals surface area contributed by atoms with Crippen molar-refractivity contribution in [3.63, 3.8) is 0 Å². The van der Waals surface area contributed by atoms with Crippen molar-refractivity contribution in [2.24, 2.45) is 5.73 Å². The zero-order valence-corrected chi connectivity index (χ0v) is 17.7. The number of carbonyl (C=O) groups is 1. The van der Waals surface area contributed by atoms with Crippen LogP contribution in [0.2, 0.25) is 0 Å². The third kappa shape index (κ3) is 4.49. The Morgan fingerprint density at radius 3 is 2.67 bits per heavy atom. The normalized spacial score (nSPS) is 14.0. The molecule has 1 amide bonds. The van der Waals surface area contributed by atoms with Gasteiger partial charge in [0.25, 0.3) is 5.91 Å². The second-order valence-corrected chi connectivity index (χ2v) is 7.62. The number of fused-ring (bicyclic) bond motifs is 1. The van der Waals surface area contributed by atoms with Gasteiger partial charge in [0.05, 0.1) is 10.4 Å². The van der Waals surface area contributed by atoms with E-state index < -0.39 is 0 Å². The molecule has 0 bridgehead atoms. The van der Waals surface area contributed by atoms with Crippen molar-refractivity contribution in [1.82, 2.24) is 19.9 Å². The predicted molar refractivity (Wildman–Crippen MR) is 115 cm³/mol. The van der Waals surface area contributed by atoms with E-state index in [2.05, 4.69) is 25.9 Å². The van der Waals surface area contributed by atoms with E-state index in [0.717, 1.165) is 40.6 Å². The van der Waals surface area contributed by atoms with Crippen LogP contribution >= 0.6 is 47.5 Å². The third-order valence-corrected chi connectivity index (χ3v) is 5.97. The average Bonchev–Trinajstić information content (AvgIpc) is 3.30. The van der Waals surface area contributed by atoms with Crippen LogP contribution in [0.25, 0.3) is 10.2 Å². The third-order valence-electron chi connectivity index (χ3n) is 4.24. The van der Waals surface area contributed by atoms with Crippen LogP contribution < -0.4 is 10.6 Å². The average molecular weight is 447 g/mol. The van der Waals surface area contributed by atoms with E-state index in [-0.39, 0.29) is 30.7 Å². The molecule has 4 rings (SSSR count). The van der Waals surface area contributed by atoms with Crippen LogP contribution in [0.1, 0.15) is 15.5 Å². The molecule has 0 aliphatic carbocycles. The van der Waals surface area contributed by atoms with E-state index in [0.29, 0.717) is 25.3 Å². The van der Waals surface area contributed by atoms with E-state index in [1.807, 2.05) is 15.7 Å². The molecule has 3 aromatic rings. The summed E-state index contributed by atoms with van der Waals surface area (Å²) >= 11 is 3.12. The summed E-state index contributed by atoms with van der Waals surface area (Å²) in [5.41, 5.74) is 6.08. The fraction of sp³-hybridized carbons (Fsp3) is 0.375. The molecule has 7 nitrogen and oxygen atoms in total. The smallest absolute Gasteiger partial charge is 0.273 e. The maximum atomic E-state index is 12.6. The van der Waals surface area contributed by atoms with E-state index in [1.165, 1.54) is 11.3 Å². The summed E-state index contributed by atoms with van der Waals surface area (Å²) < 4.78 is 0. The summed E-state index contributed by atoms with van der Waals surface area (Å²) in [6, 6.07) is 2.06. The number of hydrogen-bond acceptors (Lipinski definition) is 8. The fourth-order valence-electron chi connectivity index (χ4n) is 2.96. The first-order chi connectivity index (χ1) is 12.3. The summed E-state index contributed by atoms with van der Waals surface area (Å²) in [4.78, 5) is 30.9. The van der Waals surface area contributed by atoms with Gasteiger partial charge < -0.3 is 15.5 Å². The molecule has 4 heterocycles. The number of thiophene rings is 1. The highest BCUT2D eigenvalue weighted by Crippen LogP contribution is 2.27. The molecule has 0 saturated carbocycles. The number of thiazole rings is 1. The topological polar surface area (TPSA) is 88.2 Å². The Bertz CT molecular complexity index is 894. The van der Waals surface area contributed by atoms with E-state index >= 15 is 0 Å². The zero-order valence-electron chi connectivity index (χ0n) is 14.4. The van der Waals surface area contributed by atoms with Gasteiger partial charge in [-0.05, 0) is 18.0 Å². The maximum absolute atomic E-state index is 12.6. The van der Waals surface area contributed by atoms with Gasteiger partial charge in [0.2, 0.25) is 0 Å². The quantitative estimate of drug-likeness (QED) is 0.661. The number of nitrogens with zero attached hydrogens (tertiary/aromatic N) is 5. The summed E-state index contributed by atoms with van der Waals surface area (Å²) in [6.45, 7) is 3.40. The molecule has 1 saturated heterocycles. The van der Waals surface area contributed by atoms with Gasteiger partial charge in [0.15, 0.2) is 0 Å². The number of rotatable bonds is 4. The summed E-state index contributed by atoms with van der Waals surface area (Å²) in [5.74, 6) is 0.958. The molecular weight excluding hydrogens is 427 g/mol. The first-order valence-corrected chi connectivity index (χ1v) is 9.89. The Labute approximate surface area is 177 Å². The summed E-state index contributed by atoms with van der Waals surface area (Å²) in [7, 11) is 0. The first kappa shape index (κ1) is 21.8. The van der Waals surface area contributed by atoms with Crippen molar-refractivity contribution in [2.45, 2.75) is 6.42 Å². The lowest BCUT2D eigenvalue weighted by molar-refractivity contribution is 0.0741. The molecule has 0 spiro atoms. The predicted octanol–water partition coefficient (Wildman–Crippen LogP) is 2.46. The van der Waals surface area contributed by atoms with Crippen molar-refractivity contribution < 1.29 is 4.79 Å². The van der Waals surface area contributed by atoms with Gasteiger partial charge in [-0.3, -0.25) is 4.79 Å². The maximum Gasteiger partial charge on any atom is 0.273 e. The second-order valence-electron chi connectivity index (χ2n) is 5.78. The van der Waals surface area contributed by atoms with E-state index in [9.17, 15) is 4.79 Å². The number of nitrogens with two attached hydrogens (primary N) is 1. The van der Waals surface area contributed by atoms with Gasteiger partial charge in [-0.25, -0.2) is 15.0 Å². The molecule has 2 N–H and O–H groups in total. The van der Waals surface area contributed by atoms with Gasteiger partial charge in [-0.1, -0.05) is 0 Å². The van der Waals surface area contributed by atoms with Crippen LogP contribution in [0.3, 0.4) is 0 Å². The lowest BCUT2D eigenvalue weighted by Gasteiger charge is -2.35. The minimum absolute atomic E-state index is 0. The molecule has 146 valence electrons. The number of halogens is 2. The Kier molecular flexibility index (Phi) is 7.75. The van der Waals surface area contributed by atoms with Gasteiger partial charge >= 0.3 is 0 Å². The molecule has 0 radical (unpaired) electrons. The number of carbonyl (C=O) groups excluding carboxylic acids is 1. The van der Waals surface area contributed by atoms with Crippen molar-refractivity contribution in [2.75, 3.05) is 37.6 Å². The lowest BCUT2D eigenvalue weighted by atomic mass is 10.2. The van der Waals surface area contributed by atoms with Crippen LogP contribution in [-0.4, -0.2) is 58.5 Å². The van der Waals surface area contributed by atoms with Crippen molar-refractivity contribution in [3.05, 3.63) is 33.9 Å². The van der Waals surface area contributed by atoms with Crippen LogP contribution in [-0.2, 0) is 6.42 Å². The SMILES string of the molecule is Cl.Cl.NCCc1nc(C(=O)N2CCN(c3ncnc4sccc34)CC2)cs1. The number of aromatic nitrogens is 3. The molecule has 0 unspecified atom stereocenters. The summed E-state index contributed by atoms with van der Waals surface area (Å²) in [6.07, 6.45) is 2.33. The lowest BCUT2D eigenvalue weighted by Crippen LogP contribution is -2.49. The van der Waals surface area contributed by atoms with Crippen LogP contribution in [0.5, 0.6) is 0 Å². The highest BCUT2D eigenvalue weighted by Gasteiger charge is 2.25. The summed E-state index contributed by atoms with van der Waals surface area (Å²) in [5, 5.41) is 5.87. The van der Waals surface area contributed by atoms with Gasteiger partial charge in [0, 0.05) is 38.0 Å². The van der Waals surface area contributed by atoms with Crippen molar-refractivity contribution in [1.29, 1.82) is 0 Å². The molecule has 1 aliphatic heterocycles. The van der Waals surface area contributed by atoms with E-state index in [4.69, 9.17) is 5.73 Å². The second kappa shape index (κ2) is 9.61. The van der Waals surface area contributed by atoms with Gasteiger partial charge in [-0.2, -0.15) is 0 Å². The molecule has 1 aliphatic rings. The number of anilines is 1. The fourth-order valence-corrected chi connectivity index (χ4v) is 4.47. The van der Waals surface area contributed by atoms with Crippen LogP contribution in [0, 0.1) is 0 Å². The van der Waals surface area contributed by atoms with Crippen molar-refractivity contribution in [3.8, 4) is 0 Å². The first-order valence-electron chi connectivity index (χ1n) is 8.13. The largest absolute Gasteiger partial charge is 0.352 e. The number of hydrogen-bond donors (Lipinski definition) is 1. The zero-order chi connectivity index (χ0) is 17.2.